The van der Waals surface area contributed by atoms with E-state index in [-0.39, 0.29) is 29.4 Å². The molecule has 0 fully saturated rings. The predicted molar refractivity (Wildman–Crippen MR) is 105 cm³/mol. The van der Waals surface area contributed by atoms with E-state index in [9.17, 15) is 18.8 Å². The van der Waals surface area contributed by atoms with E-state index in [0.29, 0.717) is 17.5 Å². The van der Waals surface area contributed by atoms with Crippen LogP contribution in [-0.4, -0.2) is 32.0 Å². The summed E-state index contributed by atoms with van der Waals surface area (Å²) in [7, 11) is 2.77. The first-order valence-electron chi connectivity index (χ1n) is 8.96. The maximum absolute atomic E-state index is 13.7. The summed E-state index contributed by atoms with van der Waals surface area (Å²) >= 11 is 0. The van der Waals surface area contributed by atoms with Crippen molar-refractivity contribution in [2.45, 2.75) is 19.8 Å². The SMILES string of the molecule is COC(=O)CCc1ccc(/C(OC)=C2\C(=O)N(C(C)=O)c3cc(F)ccc32)cc1. The number of amides is 2. The number of halogens is 1. The Labute approximate surface area is 167 Å². The summed E-state index contributed by atoms with van der Waals surface area (Å²) in [6, 6.07) is 11.0. The summed E-state index contributed by atoms with van der Waals surface area (Å²) in [4.78, 5) is 37.2. The molecule has 29 heavy (non-hydrogen) atoms. The quantitative estimate of drug-likeness (QED) is 0.440. The van der Waals surface area contributed by atoms with Crippen molar-refractivity contribution < 1.29 is 28.2 Å². The van der Waals surface area contributed by atoms with Gasteiger partial charge in [-0.15, -0.1) is 0 Å². The van der Waals surface area contributed by atoms with Gasteiger partial charge in [-0.2, -0.15) is 0 Å². The highest BCUT2D eigenvalue weighted by Crippen LogP contribution is 2.41. The van der Waals surface area contributed by atoms with E-state index in [4.69, 9.17) is 4.74 Å². The first-order valence-corrected chi connectivity index (χ1v) is 8.96. The molecular weight excluding hydrogens is 377 g/mol. The Balaban J connectivity index is 2.03. The molecule has 0 aliphatic carbocycles. The van der Waals surface area contributed by atoms with E-state index < -0.39 is 17.6 Å². The second-order valence-corrected chi connectivity index (χ2v) is 6.50. The summed E-state index contributed by atoms with van der Waals surface area (Å²) in [6.07, 6.45) is 0.782. The minimum atomic E-state index is -0.565. The van der Waals surface area contributed by atoms with Gasteiger partial charge in [0.05, 0.1) is 25.5 Å². The molecule has 0 saturated carbocycles. The number of ether oxygens (including phenoxy) is 2. The van der Waals surface area contributed by atoms with Crippen LogP contribution in [0.1, 0.15) is 30.0 Å². The van der Waals surface area contributed by atoms with Crippen molar-refractivity contribution in [3.8, 4) is 0 Å². The number of nitrogens with zero attached hydrogens (tertiary/aromatic N) is 1. The van der Waals surface area contributed by atoms with E-state index >= 15 is 0 Å². The normalized spacial score (nSPS) is 14.5. The third-order valence-electron chi connectivity index (χ3n) is 4.69. The van der Waals surface area contributed by atoms with Gasteiger partial charge in [0.2, 0.25) is 5.91 Å². The minimum Gasteiger partial charge on any atom is -0.495 e. The maximum atomic E-state index is 13.7. The van der Waals surface area contributed by atoms with Gasteiger partial charge in [-0.05, 0) is 30.2 Å². The Bertz CT molecular complexity index is 1010. The van der Waals surface area contributed by atoms with Crippen molar-refractivity contribution in [2.24, 2.45) is 0 Å². The molecule has 0 radical (unpaired) electrons. The fourth-order valence-electron chi connectivity index (χ4n) is 3.31. The Morgan fingerprint density at radius 2 is 1.72 bits per heavy atom. The molecule has 0 spiro atoms. The van der Waals surface area contributed by atoms with Crippen LogP contribution in [0.2, 0.25) is 0 Å². The molecule has 2 aromatic rings. The molecule has 2 amide bonds. The van der Waals surface area contributed by atoms with Crippen molar-refractivity contribution in [1.29, 1.82) is 0 Å². The topological polar surface area (TPSA) is 72.9 Å². The predicted octanol–water partition coefficient (Wildman–Crippen LogP) is 3.34. The molecule has 0 unspecified atom stereocenters. The Morgan fingerprint density at radius 1 is 1.03 bits per heavy atom. The molecule has 0 atom stereocenters. The summed E-state index contributed by atoms with van der Waals surface area (Å²) in [5, 5.41) is 0. The standard InChI is InChI=1S/C22H20FNO5/c1-13(25)24-18-12-16(23)9-10-17(18)20(22(24)27)21(29-3)15-7-4-14(5-8-15)6-11-19(26)28-2/h4-5,7-10,12H,6,11H2,1-3H3/b21-20+. The number of carbonyl (C=O) groups excluding carboxylic acids is 3. The lowest BCUT2D eigenvalue weighted by molar-refractivity contribution is -0.140. The van der Waals surface area contributed by atoms with Gasteiger partial charge in [0.1, 0.15) is 11.6 Å². The molecule has 0 N–H and O–H groups in total. The van der Waals surface area contributed by atoms with Crippen LogP contribution in [0.4, 0.5) is 10.1 Å². The molecule has 2 aromatic carbocycles. The van der Waals surface area contributed by atoms with Crippen LogP contribution in [0.25, 0.3) is 11.3 Å². The number of benzene rings is 2. The lowest BCUT2D eigenvalue weighted by Gasteiger charge is -2.13. The zero-order valence-electron chi connectivity index (χ0n) is 16.3. The summed E-state index contributed by atoms with van der Waals surface area (Å²) < 4.78 is 23.9. The average molecular weight is 397 g/mol. The highest BCUT2D eigenvalue weighted by molar-refractivity contribution is 6.42. The average Bonchev–Trinajstić information content (AvgIpc) is 2.99. The molecule has 0 saturated heterocycles. The molecule has 1 aliphatic heterocycles. The van der Waals surface area contributed by atoms with Gasteiger partial charge in [-0.3, -0.25) is 14.4 Å². The van der Waals surface area contributed by atoms with Gasteiger partial charge in [0.15, 0.2) is 0 Å². The highest BCUT2D eigenvalue weighted by Gasteiger charge is 2.38. The highest BCUT2D eigenvalue weighted by atomic mass is 19.1. The zero-order valence-corrected chi connectivity index (χ0v) is 16.3. The van der Waals surface area contributed by atoms with Gasteiger partial charge in [-0.25, -0.2) is 9.29 Å². The molecule has 150 valence electrons. The van der Waals surface area contributed by atoms with Crippen LogP contribution in [0.3, 0.4) is 0 Å². The number of hydrogen-bond acceptors (Lipinski definition) is 5. The van der Waals surface area contributed by atoms with Crippen molar-refractivity contribution in [3.05, 3.63) is 65.0 Å². The van der Waals surface area contributed by atoms with Crippen molar-refractivity contribution in [2.75, 3.05) is 19.1 Å². The van der Waals surface area contributed by atoms with Gasteiger partial charge in [0, 0.05) is 24.5 Å². The maximum Gasteiger partial charge on any atom is 0.305 e. The molecular formula is C22H20FNO5. The largest absolute Gasteiger partial charge is 0.495 e. The molecule has 3 rings (SSSR count). The van der Waals surface area contributed by atoms with Crippen LogP contribution in [0.15, 0.2) is 42.5 Å². The zero-order chi connectivity index (χ0) is 21.1. The second-order valence-electron chi connectivity index (χ2n) is 6.50. The van der Waals surface area contributed by atoms with Crippen molar-refractivity contribution in [3.63, 3.8) is 0 Å². The Hall–Kier alpha value is -3.48. The van der Waals surface area contributed by atoms with Gasteiger partial charge >= 0.3 is 5.97 Å². The summed E-state index contributed by atoms with van der Waals surface area (Å²) in [5.74, 6) is -1.63. The smallest absolute Gasteiger partial charge is 0.305 e. The third kappa shape index (κ3) is 3.89. The number of methoxy groups -OCH3 is 2. The number of fused-ring (bicyclic) bond motifs is 1. The fraction of sp³-hybridized carbons (Fsp3) is 0.227. The number of imide groups is 1. The monoisotopic (exact) mass is 397 g/mol. The summed E-state index contributed by atoms with van der Waals surface area (Å²) in [6.45, 7) is 1.25. The number of carbonyl (C=O) groups is 3. The van der Waals surface area contributed by atoms with Crippen molar-refractivity contribution in [1.82, 2.24) is 0 Å². The third-order valence-corrected chi connectivity index (χ3v) is 4.69. The lowest BCUT2D eigenvalue weighted by Crippen LogP contribution is -2.31. The molecule has 0 bridgehead atoms. The van der Waals surface area contributed by atoms with Crippen LogP contribution in [-0.2, 0) is 30.3 Å². The second kappa shape index (κ2) is 8.26. The number of anilines is 1. The van der Waals surface area contributed by atoms with Gasteiger partial charge < -0.3 is 9.47 Å². The molecule has 6 nitrogen and oxygen atoms in total. The number of hydrogen-bond donors (Lipinski definition) is 0. The van der Waals surface area contributed by atoms with E-state index in [0.717, 1.165) is 16.5 Å². The van der Waals surface area contributed by atoms with Gasteiger partial charge in [0.25, 0.3) is 5.91 Å². The summed E-state index contributed by atoms with van der Waals surface area (Å²) in [5.41, 5.74) is 2.36. The van der Waals surface area contributed by atoms with Crippen LogP contribution >= 0.6 is 0 Å². The minimum absolute atomic E-state index is 0.194. The van der Waals surface area contributed by atoms with E-state index in [1.165, 1.54) is 33.3 Å². The molecule has 0 aromatic heterocycles. The fourth-order valence-corrected chi connectivity index (χ4v) is 3.31. The number of aryl methyl sites for hydroxylation is 1. The first-order chi connectivity index (χ1) is 13.9. The van der Waals surface area contributed by atoms with E-state index in [1.807, 2.05) is 12.1 Å². The van der Waals surface area contributed by atoms with Gasteiger partial charge in [-0.1, -0.05) is 24.3 Å². The molecule has 1 aliphatic rings. The lowest BCUT2D eigenvalue weighted by atomic mass is 10.00. The molecule has 1 heterocycles. The van der Waals surface area contributed by atoms with E-state index in [1.54, 1.807) is 12.1 Å². The Kier molecular flexibility index (Phi) is 5.77. The Morgan fingerprint density at radius 3 is 2.31 bits per heavy atom. The first kappa shape index (κ1) is 20.3. The number of rotatable bonds is 5. The number of esters is 1. The van der Waals surface area contributed by atoms with Crippen LogP contribution in [0, 0.1) is 5.82 Å². The van der Waals surface area contributed by atoms with Crippen molar-refractivity contribution >= 4 is 34.8 Å². The molecule has 7 heteroatoms. The van der Waals surface area contributed by atoms with Crippen LogP contribution in [0.5, 0.6) is 0 Å². The van der Waals surface area contributed by atoms with E-state index in [2.05, 4.69) is 4.74 Å². The van der Waals surface area contributed by atoms with Crippen LogP contribution < -0.4 is 4.90 Å².